The molecule has 0 unspecified atom stereocenters. The molecule has 1 aromatic carbocycles. The van der Waals surface area contributed by atoms with Crippen LogP contribution in [0.3, 0.4) is 0 Å². The second-order valence-corrected chi connectivity index (χ2v) is 4.05. The molecule has 0 radical (unpaired) electrons. The summed E-state index contributed by atoms with van der Waals surface area (Å²) in [5.41, 5.74) is 8.12. The monoisotopic (exact) mass is 255 g/mol. The van der Waals surface area contributed by atoms with Crippen molar-refractivity contribution in [3.05, 3.63) is 33.3 Å². The molecule has 0 heterocycles. The molecular weight excluding hydrogens is 242 g/mol. The zero-order chi connectivity index (χ0) is 10.7. The molecule has 0 aliphatic rings. The molecule has 3 N–H and O–H groups in total. The van der Waals surface area contributed by atoms with Crippen LogP contribution in [0.5, 0.6) is 5.75 Å². The molecule has 0 saturated carbocycles. The van der Waals surface area contributed by atoms with Gasteiger partial charge >= 0.3 is 0 Å². The molecule has 0 fully saturated rings. The molecule has 0 atom stereocenters. The predicted octanol–water partition coefficient (Wildman–Crippen LogP) is 2.74. The minimum absolute atomic E-state index is 0.352. The maximum absolute atomic E-state index is 9.72. The highest BCUT2D eigenvalue weighted by molar-refractivity contribution is 9.10. The Labute approximate surface area is 92.6 Å². The minimum atomic E-state index is 0.352. The van der Waals surface area contributed by atoms with E-state index in [2.05, 4.69) is 15.9 Å². The second-order valence-electron chi connectivity index (χ2n) is 3.20. The van der Waals surface area contributed by atoms with Crippen molar-refractivity contribution in [2.24, 2.45) is 5.73 Å². The molecule has 0 spiro atoms. The lowest BCUT2D eigenvalue weighted by Crippen LogP contribution is -1.93. The maximum atomic E-state index is 9.72. The Kier molecular flexibility index (Phi) is 3.72. The summed E-state index contributed by atoms with van der Waals surface area (Å²) < 4.78 is 0.981. The highest BCUT2D eigenvalue weighted by Gasteiger charge is 2.08. The van der Waals surface area contributed by atoms with Gasteiger partial charge in [0.05, 0.1) is 0 Å². The molecule has 1 rings (SSSR count). The van der Waals surface area contributed by atoms with Crippen molar-refractivity contribution in [1.29, 1.82) is 0 Å². The quantitative estimate of drug-likeness (QED) is 0.854. The molecule has 1 aromatic rings. The highest BCUT2D eigenvalue weighted by atomic mass is 79.9. The van der Waals surface area contributed by atoms with Gasteiger partial charge in [-0.1, -0.05) is 28.1 Å². The van der Waals surface area contributed by atoms with Crippen molar-refractivity contribution in [3.8, 4) is 5.75 Å². The van der Waals surface area contributed by atoms with E-state index in [1.165, 1.54) is 0 Å². The number of rotatable bonds is 2. The summed E-state index contributed by atoms with van der Waals surface area (Å²) >= 11 is 3.46. The zero-order valence-electron chi connectivity index (χ0n) is 8.34. The van der Waals surface area contributed by atoms with Gasteiger partial charge in [0.15, 0.2) is 0 Å². The SMILES string of the molecule is Cc1cc(Br)c(/C=C/CN)c(C)c1O. The molecule has 0 saturated heterocycles. The fourth-order valence-corrected chi connectivity index (χ4v) is 2.10. The number of nitrogens with two attached hydrogens (primary N) is 1. The summed E-state index contributed by atoms with van der Waals surface area (Å²) in [5, 5.41) is 9.72. The number of phenolic OH excluding ortho intramolecular Hbond substituents is 1. The van der Waals surface area contributed by atoms with E-state index in [0.717, 1.165) is 21.2 Å². The second kappa shape index (κ2) is 4.62. The molecular formula is C11H14BrNO. The molecule has 0 amide bonds. The van der Waals surface area contributed by atoms with Gasteiger partial charge in [0, 0.05) is 11.0 Å². The summed E-state index contributed by atoms with van der Waals surface area (Å²) in [4.78, 5) is 0. The van der Waals surface area contributed by atoms with Crippen molar-refractivity contribution < 1.29 is 5.11 Å². The molecule has 76 valence electrons. The maximum Gasteiger partial charge on any atom is 0.122 e. The van der Waals surface area contributed by atoms with Gasteiger partial charge in [-0.25, -0.2) is 0 Å². The van der Waals surface area contributed by atoms with Gasteiger partial charge in [-0.3, -0.25) is 0 Å². The van der Waals surface area contributed by atoms with Gasteiger partial charge in [-0.2, -0.15) is 0 Å². The smallest absolute Gasteiger partial charge is 0.122 e. The number of halogens is 1. The summed E-state index contributed by atoms with van der Waals surface area (Å²) in [6.45, 7) is 4.27. The number of aromatic hydroxyl groups is 1. The Morgan fingerprint density at radius 1 is 1.50 bits per heavy atom. The van der Waals surface area contributed by atoms with Crippen LogP contribution in [-0.2, 0) is 0 Å². The predicted molar refractivity (Wildman–Crippen MR) is 63.4 cm³/mol. The molecule has 0 aromatic heterocycles. The van der Waals surface area contributed by atoms with Crippen molar-refractivity contribution in [3.63, 3.8) is 0 Å². The standard InChI is InChI=1S/C11H14BrNO/c1-7-6-10(12)9(4-3-5-13)8(2)11(7)14/h3-4,6,14H,5,13H2,1-2H3/b4-3+. The first-order chi connectivity index (χ1) is 6.57. The van der Waals surface area contributed by atoms with Crippen molar-refractivity contribution >= 4 is 22.0 Å². The number of aryl methyl sites for hydroxylation is 1. The van der Waals surface area contributed by atoms with Crippen LogP contribution in [0.4, 0.5) is 0 Å². The molecule has 3 heteroatoms. The third-order valence-electron chi connectivity index (χ3n) is 2.15. The average Bonchev–Trinajstić information content (AvgIpc) is 2.14. The fraction of sp³-hybridized carbons (Fsp3) is 0.273. The summed E-state index contributed by atoms with van der Waals surface area (Å²) in [6, 6.07) is 1.90. The third kappa shape index (κ3) is 2.16. The van der Waals surface area contributed by atoms with Crippen LogP contribution < -0.4 is 5.73 Å². The fourth-order valence-electron chi connectivity index (χ4n) is 1.33. The number of benzene rings is 1. The molecule has 0 aliphatic carbocycles. The Balaban J connectivity index is 3.29. The Hall–Kier alpha value is -0.800. The van der Waals surface area contributed by atoms with Crippen molar-refractivity contribution in [2.45, 2.75) is 13.8 Å². The molecule has 0 aliphatic heterocycles. The van der Waals surface area contributed by atoms with Crippen LogP contribution in [0, 0.1) is 13.8 Å². The molecule has 14 heavy (non-hydrogen) atoms. The van der Waals surface area contributed by atoms with Gasteiger partial charge in [0.25, 0.3) is 0 Å². The van der Waals surface area contributed by atoms with Crippen molar-refractivity contribution in [1.82, 2.24) is 0 Å². The van der Waals surface area contributed by atoms with Crippen LogP contribution in [0.25, 0.3) is 6.08 Å². The van der Waals surface area contributed by atoms with E-state index in [0.29, 0.717) is 12.3 Å². The Morgan fingerprint density at radius 3 is 2.71 bits per heavy atom. The lowest BCUT2D eigenvalue weighted by Gasteiger charge is -2.09. The average molecular weight is 256 g/mol. The van der Waals surface area contributed by atoms with E-state index in [4.69, 9.17) is 5.73 Å². The first-order valence-corrected chi connectivity index (χ1v) is 5.22. The van der Waals surface area contributed by atoms with Gasteiger partial charge in [-0.15, -0.1) is 0 Å². The van der Waals surface area contributed by atoms with E-state index < -0.39 is 0 Å². The van der Waals surface area contributed by atoms with E-state index in [1.807, 2.05) is 32.1 Å². The summed E-state index contributed by atoms with van der Waals surface area (Å²) in [7, 11) is 0. The molecule has 0 bridgehead atoms. The van der Waals surface area contributed by atoms with Crippen molar-refractivity contribution in [2.75, 3.05) is 6.54 Å². The minimum Gasteiger partial charge on any atom is -0.507 e. The van der Waals surface area contributed by atoms with E-state index in [1.54, 1.807) is 0 Å². The number of phenols is 1. The Bertz CT molecular complexity index is 372. The first-order valence-electron chi connectivity index (χ1n) is 4.43. The van der Waals surface area contributed by atoms with E-state index in [9.17, 15) is 5.11 Å². The van der Waals surface area contributed by atoms with Gasteiger partial charge in [0.1, 0.15) is 5.75 Å². The topological polar surface area (TPSA) is 46.2 Å². The van der Waals surface area contributed by atoms with E-state index in [-0.39, 0.29) is 0 Å². The first kappa shape index (κ1) is 11.3. The lowest BCUT2D eigenvalue weighted by atomic mass is 10.0. The number of hydrogen-bond donors (Lipinski definition) is 2. The summed E-state index contributed by atoms with van der Waals surface area (Å²) in [5.74, 6) is 0.352. The van der Waals surface area contributed by atoms with Gasteiger partial charge in [-0.05, 0) is 36.6 Å². The Morgan fingerprint density at radius 2 is 2.14 bits per heavy atom. The van der Waals surface area contributed by atoms with Gasteiger partial charge < -0.3 is 10.8 Å². The lowest BCUT2D eigenvalue weighted by molar-refractivity contribution is 0.466. The van der Waals surface area contributed by atoms with Crippen LogP contribution in [-0.4, -0.2) is 11.7 Å². The largest absolute Gasteiger partial charge is 0.507 e. The van der Waals surface area contributed by atoms with Crippen LogP contribution in [0.2, 0.25) is 0 Å². The summed E-state index contributed by atoms with van der Waals surface area (Å²) in [6.07, 6.45) is 3.78. The molecule has 2 nitrogen and oxygen atoms in total. The number of hydrogen-bond acceptors (Lipinski definition) is 2. The van der Waals surface area contributed by atoms with Gasteiger partial charge in [0.2, 0.25) is 0 Å². The van der Waals surface area contributed by atoms with Crippen LogP contribution >= 0.6 is 15.9 Å². The highest BCUT2D eigenvalue weighted by Crippen LogP contribution is 2.31. The van der Waals surface area contributed by atoms with E-state index >= 15 is 0 Å². The van der Waals surface area contributed by atoms with Crippen LogP contribution in [0.1, 0.15) is 16.7 Å². The third-order valence-corrected chi connectivity index (χ3v) is 2.81. The zero-order valence-corrected chi connectivity index (χ0v) is 9.93. The normalized spacial score (nSPS) is 11.1. The van der Waals surface area contributed by atoms with Crippen LogP contribution in [0.15, 0.2) is 16.6 Å².